The lowest BCUT2D eigenvalue weighted by Crippen LogP contribution is -2.23. The molecule has 2 aromatic heterocycles. The Balaban J connectivity index is 1.57. The van der Waals surface area contributed by atoms with E-state index >= 15 is 0 Å². The van der Waals surface area contributed by atoms with Crippen LogP contribution in [0.3, 0.4) is 0 Å². The van der Waals surface area contributed by atoms with Gasteiger partial charge in [0.25, 0.3) is 5.91 Å². The van der Waals surface area contributed by atoms with Crippen LogP contribution in [0.25, 0.3) is 33.1 Å². The molecule has 0 fully saturated rings. The van der Waals surface area contributed by atoms with Gasteiger partial charge in [0, 0.05) is 50.6 Å². The predicted molar refractivity (Wildman–Crippen MR) is 137 cm³/mol. The van der Waals surface area contributed by atoms with E-state index in [0.29, 0.717) is 40.3 Å². The normalized spacial score (nSPS) is 11.2. The smallest absolute Gasteiger partial charge is 0.252 e. The summed E-state index contributed by atoms with van der Waals surface area (Å²) < 4.78 is 0.973. The minimum absolute atomic E-state index is 0.190. The summed E-state index contributed by atoms with van der Waals surface area (Å²) in [6.45, 7) is 0.853. The zero-order valence-electron chi connectivity index (χ0n) is 17.5. The quantitative estimate of drug-likeness (QED) is 0.259. The molecule has 7 heteroatoms. The second-order valence-corrected chi connectivity index (χ2v) is 9.17. The number of nitrogens with one attached hydrogen (secondary N) is 2. The predicted octanol–water partition coefficient (Wildman–Crippen LogP) is 6.19. The number of amides is 1. The lowest BCUT2D eigenvalue weighted by atomic mass is 10.0. The molecule has 1 amide bonds. The van der Waals surface area contributed by atoms with Crippen LogP contribution in [0.15, 0.2) is 77.4 Å². The molecule has 2 heterocycles. The van der Waals surface area contributed by atoms with Crippen molar-refractivity contribution < 1.29 is 4.79 Å². The van der Waals surface area contributed by atoms with Gasteiger partial charge in [0.2, 0.25) is 0 Å². The number of fused-ring (bicyclic) bond motifs is 2. The fourth-order valence-electron chi connectivity index (χ4n) is 3.97. The minimum Gasteiger partial charge on any atom is -0.360 e. The Bertz CT molecular complexity index is 1510. The first-order chi connectivity index (χ1) is 16.0. The molecule has 0 bridgehead atoms. The van der Waals surface area contributed by atoms with Crippen molar-refractivity contribution in [2.75, 3.05) is 0 Å². The van der Waals surface area contributed by atoms with E-state index in [2.05, 4.69) is 26.2 Å². The Hall–Kier alpha value is -3.19. The highest BCUT2D eigenvalue weighted by molar-refractivity contribution is 9.10. The van der Waals surface area contributed by atoms with E-state index in [1.54, 1.807) is 12.1 Å². The Morgan fingerprint density at radius 1 is 1.03 bits per heavy atom. The van der Waals surface area contributed by atoms with Crippen LogP contribution in [0, 0.1) is 0 Å². The van der Waals surface area contributed by atoms with Crippen molar-refractivity contribution in [2.45, 2.75) is 13.1 Å². The van der Waals surface area contributed by atoms with Crippen molar-refractivity contribution in [1.82, 2.24) is 15.3 Å². The van der Waals surface area contributed by atoms with Gasteiger partial charge in [0.1, 0.15) is 0 Å². The van der Waals surface area contributed by atoms with Gasteiger partial charge in [-0.1, -0.05) is 51.8 Å². The monoisotopic (exact) mass is 518 g/mol. The number of hydrogen-bond donors (Lipinski definition) is 3. The van der Waals surface area contributed by atoms with Crippen molar-refractivity contribution >= 4 is 55.2 Å². The maximum Gasteiger partial charge on any atom is 0.252 e. The molecule has 5 nitrogen and oxygen atoms in total. The number of halogens is 2. The first-order valence-corrected chi connectivity index (χ1v) is 11.6. The third-order valence-corrected chi connectivity index (χ3v) is 6.34. The van der Waals surface area contributed by atoms with Crippen molar-refractivity contribution in [1.29, 1.82) is 0 Å². The summed E-state index contributed by atoms with van der Waals surface area (Å²) in [5.74, 6) is -0.190. The molecule has 0 radical (unpaired) electrons. The van der Waals surface area contributed by atoms with Crippen LogP contribution in [0.2, 0.25) is 5.02 Å². The van der Waals surface area contributed by atoms with Crippen LogP contribution in [0.5, 0.6) is 0 Å². The lowest BCUT2D eigenvalue weighted by molar-refractivity contribution is 0.0952. The number of rotatable bonds is 5. The Morgan fingerprint density at radius 2 is 1.88 bits per heavy atom. The summed E-state index contributed by atoms with van der Waals surface area (Å²) in [4.78, 5) is 21.4. The van der Waals surface area contributed by atoms with Crippen LogP contribution < -0.4 is 11.1 Å². The van der Waals surface area contributed by atoms with E-state index < -0.39 is 0 Å². The summed E-state index contributed by atoms with van der Waals surface area (Å²) in [6.07, 6.45) is 1.92. The van der Waals surface area contributed by atoms with Gasteiger partial charge in [-0.15, -0.1) is 0 Å². The third kappa shape index (κ3) is 4.37. The van der Waals surface area contributed by atoms with E-state index in [-0.39, 0.29) is 5.91 Å². The molecule has 0 unspecified atom stereocenters. The molecule has 0 atom stereocenters. The maximum absolute atomic E-state index is 13.3. The average molecular weight is 520 g/mol. The SMILES string of the molecule is NCc1cccc(CNC(=O)c2cc(-c3c[nH]c4ccc(Br)cc34)nc3ccc(Cl)cc23)c1. The molecular weight excluding hydrogens is 500 g/mol. The van der Waals surface area contributed by atoms with E-state index in [1.807, 2.05) is 60.8 Å². The largest absolute Gasteiger partial charge is 0.360 e. The zero-order chi connectivity index (χ0) is 22.9. The maximum atomic E-state index is 13.3. The first kappa shape index (κ1) is 21.6. The fraction of sp³-hybridized carbons (Fsp3) is 0.0769. The van der Waals surface area contributed by atoms with Crippen molar-refractivity contribution in [3.05, 3.63) is 99.1 Å². The molecule has 0 aliphatic rings. The standard InChI is InChI=1S/C26H20BrClN4O/c27-17-4-6-23-19(9-17)22(14-30-23)25-11-21(20-10-18(28)5-7-24(20)32-25)26(33)31-13-16-3-1-2-15(8-16)12-29/h1-11,14,30H,12-13,29H2,(H,31,33). The number of carbonyl (C=O) groups is 1. The molecule has 0 saturated carbocycles. The number of pyridine rings is 1. The number of nitrogens with zero attached hydrogens (tertiary/aromatic N) is 1. The van der Waals surface area contributed by atoms with Gasteiger partial charge in [-0.3, -0.25) is 4.79 Å². The molecule has 0 aliphatic heterocycles. The summed E-state index contributed by atoms with van der Waals surface area (Å²) in [5.41, 5.74) is 11.6. The third-order valence-electron chi connectivity index (χ3n) is 5.62. The molecule has 0 spiro atoms. The number of H-pyrrole nitrogens is 1. The second-order valence-electron chi connectivity index (χ2n) is 7.82. The van der Waals surface area contributed by atoms with E-state index in [1.165, 1.54) is 0 Å². The van der Waals surface area contributed by atoms with Crippen LogP contribution in [0.1, 0.15) is 21.5 Å². The number of nitrogens with two attached hydrogens (primary N) is 1. The molecule has 0 saturated heterocycles. The average Bonchev–Trinajstić information content (AvgIpc) is 3.25. The van der Waals surface area contributed by atoms with E-state index in [9.17, 15) is 4.79 Å². The molecular formula is C26H20BrClN4O. The highest BCUT2D eigenvalue weighted by Crippen LogP contribution is 2.32. The topological polar surface area (TPSA) is 83.8 Å². The zero-order valence-corrected chi connectivity index (χ0v) is 19.9. The van der Waals surface area contributed by atoms with Crippen LogP contribution in [0.4, 0.5) is 0 Å². The fourth-order valence-corrected chi connectivity index (χ4v) is 4.51. The van der Waals surface area contributed by atoms with Gasteiger partial charge < -0.3 is 16.0 Å². The molecule has 33 heavy (non-hydrogen) atoms. The Kier molecular flexibility index (Phi) is 5.89. The number of aromatic nitrogens is 2. The van der Waals surface area contributed by atoms with Crippen LogP contribution in [-0.2, 0) is 13.1 Å². The number of aromatic amines is 1. The highest BCUT2D eigenvalue weighted by Gasteiger charge is 2.16. The molecule has 5 rings (SSSR count). The van der Waals surface area contributed by atoms with Gasteiger partial charge >= 0.3 is 0 Å². The summed E-state index contributed by atoms with van der Waals surface area (Å²) in [7, 11) is 0. The number of carbonyl (C=O) groups excluding carboxylic acids is 1. The van der Waals surface area contributed by atoms with Gasteiger partial charge in [0.15, 0.2) is 0 Å². The number of hydrogen-bond acceptors (Lipinski definition) is 3. The molecule has 0 aliphatic carbocycles. The van der Waals surface area contributed by atoms with Crippen LogP contribution >= 0.6 is 27.5 Å². The first-order valence-electron chi connectivity index (χ1n) is 10.5. The van der Waals surface area contributed by atoms with E-state index in [0.717, 1.165) is 32.1 Å². The number of benzene rings is 3. The Morgan fingerprint density at radius 3 is 2.73 bits per heavy atom. The van der Waals surface area contributed by atoms with Gasteiger partial charge in [-0.25, -0.2) is 4.98 Å². The summed E-state index contributed by atoms with van der Waals surface area (Å²) in [6, 6.07) is 21.1. The second kappa shape index (κ2) is 8.98. The molecule has 164 valence electrons. The Labute approximate surface area is 204 Å². The molecule has 5 aromatic rings. The summed E-state index contributed by atoms with van der Waals surface area (Å²) in [5, 5.41) is 5.32. The highest BCUT2D eigenvalue weighted by atomic mass is 79.9. The van der Waals surface area contributed by atoms with E-state index in [4.69, 9.17) is 22.3 Å². The van der Waals surface area contributed by atoms with Crippen LogP contribution in [-0.4, -0.2) is 15.9 Å². The minimum atomic E-state index is -0.190. The lowest BCUT2D eigenvalue weighted by Gasteiger charge is -2.11. The van der Waals surface area contributed by atoms with Gasteiger partial charge in [-0.05, 0) is 53.6 Å². The van der Waals surface area contributed by atoms with Gasteiger partial charge in [-0.2, -0.15) is 0 Å². The molecule has 3 aromatic carbocycles. The van der Waals surface area contributed by atoms with Crippen molar-refractivity contribution in [3.8, 4) is 11.3 Å². The van der Waals surface area contributed by atoms with Crippen molar-refractivity contribution in [3.63, 3.8) is 0 Å². The summed E-state index contributed by atoms with van der Waals surface area (Å²) >= 11 is 9.80. The van der Waals surface area contributed by atoms with Gasteiger partial charge in [0.05, 0.1) is 16.8 Å². The van der Waals surface area contributed by atoms with Crippen molar-refractivity contribution in [2.24, 2.45) is 5.73 Å². The molecule has 4 N–H and O–H groups in total.